The van der Waals surface area contributed by atoms with Crippen LogP contribution in [0.25, 0.3) is 0 Å². The second kappa shape index (κ2) is 10.5. The first-order valence-electron chi connectivity index (χ1n) is 6.88. The molecular weight excluding hydrogens is 292 g/mol. The van der Waals surface area contributed by atoms with Gasteiger partial charge in [0.25, 0.3) is 0 Å². The summed E-state index contributed by atoms with van der Waals surface area (Å²) in [6.45, 7) is 0.0840. The molecule has 0 fully saturated rings. The van der Waals surface area contributed by atoms with Crippen LogP contribution in [0.2, 0.25) is 0 Å². The highest BCUT2D eigenvalue weighted by atomic mass is 16.2. The van der Waals surface area contributed by atoms with E-state index >= 15 is 0 Å². The maximum Gasteiger partial charge on any atom is 0.243 e. The first kappa shape index (κ1) is 19.8. The Labute approximate surface area is 128 Å². The summed E-state index contributed by atoms with van der Waals surface area (Å²) >= 11 is 0. The third-order valence-electron chi connectivity index (χ3n) is 2.78. The lowest BCUT2D eigenvalue weighted by Crippen LogP contribution is -2.53. The fraction of sp³-hybridized carbons (Fsp3) is 0.667. The Morgan fingerprint density at radius 1 is 0.955 bits per heavy atom. The number of amides is 4. The van der Waals surface area contributed by atoms with Gasteiger partial charge >= 0.3 is 0 Å². The van der Waals surface area contributed by atoms with Gasteiger partial charge in [0, 0.05) is 0 Å². The van der Waals surface area contributed by atoms with Gasteiger partial charge in [0.2, 0.25) is 23.6 Å². The number of primary amides is 2. The molecule has 4 amide bonds. The highest BCUT2D eigenvalue weighted by Gasteiger charge is 2.25. The highest BCUT2D eigenvalue weighted by molar-refractivity contribution is 5.94. The maximum absolute atomic E-state index is 11.9. The average Bonchev–Trinajstić information content (AvgIpc) is 2.43. The predicted molar refractivity (Wildman–Crippen MR) is 78.8 cm³/mol. The fourth-order valence-corrected chi connectivity index (χ4v) is 1.63. The smallest absolute Gasteiger partial charge is 0.243 e. The maximum atomic E-state index is 11.9. The molecule has 0 aromatic heterocycles. The largest absolute Gasteiger partial charge is 0.370 e. The van der Waals surface area contributed by atoms with Crippen LogP contribution in [-0.2, 0) is 19.2 Å². The van der Waals surface area contributed by atoms with Crippen molar-refractivity contribution in [2.24, 2.45) is 22.9 Å². The number of nitrogens with two attached hydrogens (primary N) is 4. The predicted octanol–water partition coefficient (Wildman–Crippen LogP) is -3.60. The normalized spacial score (nSPS) is 13.0. The molecule has 0 radical (unpaired) electrons. The van der Waals surface area contributed by atoms with E-state index in [0.717, 1.165) is 6.42 Å². The summed E-state index contributed by atoms with van der Waals surface area (Å²) in [7, 11) is 0. The Balaban J connectivity index is 4.55. The van der Waals surface area contributed by atoms with Crippen LogP contribution in [0.4, 0.5) is 0 Å². The van der Waals surface area contributed by atoms with Crippen LogP contribution >= 0.6 is 0 Å². The SMILES string of the molecule is NCCCC[C@H](N)C(=O)N[C@@H](CC(N)=O)C(=O)NCC(N)=O. The molecule has 10 N–H and O–H groups in total. The number of unbranched alkanes of at least 4 members (excludes halogenated alkanes) is 1. The molecule has 0 aliphatic carbocycles. The summed E-state index contributed by atoms with van der Waals surface area (Å²) in [4.78, 5) is 45.3. The topological polar surface area (TPSA) is 196 Å². The van der Waals surface area contributed by atoms with Crippen LogP contribution in [0.3, 0.4) is 0 Å². The van der Waals surface area contributed by atoms with Gasteiger partial charge in [-0.3, -0.25) is 19.2 Å². The molecule has 0 aromatic carbocycles. The van der Waals surface area contributed by atoms with Crippen molar-refractivity contribution in [3.8, 4) is 0 Å². The van der Waals surface area contributed by atoms with Gasteiger partial charge in [-0.15, -0.1) is 0 Å². The van der Waals surface area contributed by atoms with E-state index in [1.165, 1.54) is 0 Å². The monoisotopic (exact) mass is 316 g/mol. The molecule has 0 saturated heterocycles. The zero-order chi connectivity index (χ0) is 17.1. The lowest BCUT2D eigenvalue weighted by Gasteiger charge is -2.19. The van der Waals surface area contributed by atoms with Crippen LogP contribution in [0.5, 0.6) is 0 Å². The van der Waals surface area contributed by atoms with Crippen molar-refractivity contribution >= 4 is 23.6 Å². The zero-order valence-corrected chi connectivity index (χ0v) is 12.3. The number of nitrogens with one attached hydrogen (secondary N) is 2. The molecule has 0 saturated carbocycles. The Morgan fingerprint density at radius 3 is 2.09 bits per heavy atom. The summed E-state index contributed by atoms with van der Waals surface area (Å²) in [5.74, 6) is -2.86. The molecule has 0 spiro atoms. The third-order valence-corrected chi connectivity index (χ3v) is 2.78. The minimum atomic E-state index is -1.20. The van der Waals surface area contributed by atoms with E-state index in [2.05, 4.69) is 10.6 Å². The van der Waals surface area contributed by atoms with Crippen molar-refractivity contribution in [2.75, 3.05) is 13.1 Å². The molecule has 0 aliphatic rings. The Bertz CT molecular complexity index is 414. The summed E-state index contributed by atoms with van der Waals surface area (Å²) in [5, 5.41) is 4.53. The summed E-state index contributed by atoms with van der Waals surface area (Å²) in [6.07, 6.45) is 1.38. The molecular formula is C12H24N6O4. The number of hydrogen-bond acceptors (Lipinski definition) is 6. The summed E-state index contributed by atoms with van der Waals surface area (Å²) in [6, 6.07) is -2.03. The van der Waals surface area contributed by atoms with Crippen molar-refractivity contribution in [3.05, 3.63) is 0 Å². The van der Waals surface area contributed by atoms with Crippen LogP contribution < -0.4 is 33.6 Å². The molecule has 10 nitrogen and oxygen atoms in total. The fourth-order valence-electron chi connectivity index (χ4n) is 1.63. The van der Waals surface area contributed by atoms with Crippen molar-refractivity contribution in [1.82, 2.24) is 10.6 Å². The van der Waals surface area contributed by atoms with E-state index in [1.54, 1.807) is 0 Å². The summed E-state index contributed by atoms with van der Waals surface area (Å²) in [5.41, 5.74) is 21.0. The molecule has 0 aromatic rings. The first-order chi connectivity index (χ1) is 10.3. The quantitative estimate of drug-likeness (QED) is 0.213. The first-order valence-corrected chi connectivity index (χ1v) is 6.88. The number of carbonyl (C=O) groups excluding carboxylic acids is 4. The summed E-state index contributed by atoms with van der Waals surface area (Å²) < 4.78 is 0. The molecule has 22 heavy (non-hydrogen) atoms. The van der Waals surface area contributed by atoms with Gasteiger partial charge in [-0.25, -0.2) is 0 Å². The van der Waals surface area contributed by atoms with Crippen LogP contribution in [0.15, 0.2) is 0 Å². The lowest BCUT2D eigenvalue weighted by molar-refractivity contribution is -0.132. The molecule has 0 bridgehead atoms. The van der Waals surface area contributed by atoms with E-state index in [9.17, 15) is 19.2 Å². The van der Waals surface area contributed by atoms with E-state index in [1.807, 2.05) is 0 Å². The Kier molecular flexibility index (Phi) is 9.46. The zero-order valence-electron chi connectivity index (χ0n) is 12.3. The van der Waals surface area contributed by atoms with Gasteiger partial charge in [-0.1, -0.05) is 6.42 Å². The number of hydrogen-bond donors (Lipinski definition) is 6. The van der Waals surface area contributed by atoms with Gasteiger partial charge in [-0.05, 0) is 19.4 Å². The number of carbonyl (C=O) groups is 4. The van der Waals surface area contributed by atoms with Gasteiger partial charge in [0.15, 0.2) is 0 Å². The average molecular weight is 316 g/mol. The van der Waals surface area contributed by atoms with Gasteiger partial charge in [0.1, 0.15) is 6.04 Å². The molecule has 10 heteroatoms. The standard InChI is InChI=1S/C12H24N6O4/c13-4-2-1-3-7(14)11(21)18-8(5-9(15)19)12(22)17-6-10(16)20/h7-8H,1-6,13-14H2,(H2,15,19)(H2,16,20)(H,17,22)(H,18,21)/t7-,8-/m0/s1. The van der Waals surface area contributed by atoms with E-state index < -0.39 is 48.7 Å². The van der Waals surface area contributed by atoms with E-state index in [0.29, 0.717) is 19.4 Å². The minimum Gasteiger partial charge on any atom is -0.370 e. The van der Waals surface area contributed by atoms with Gasteiger partial charge in [-0.2, -0.15) is 0 Å². The van der Waals surface area contributed by atoms with Crippen LogP contribution in [0.1, 0.15) is 25.7 Å². The second-order valence-corrected chi connectivity index (χ2v) is 4.81. The highest BCUT2D eigenvalue weighted by Crippen LogP contribution is 2.00. The van der Waals surface area contributed by atoms with E-state index in [-0.39, 0.29) is 0 Å². The lowest BCUT2D eigenvalue weighted by atomic mass is 10.1. The van der Waals surface area contributed by atoms with Gasteiger partial charge in [0.05, 0.1) is 19.0 Å². The Hall–Kier alpha value is -2.20. The Morgan fingerprint density at radius 2 is 1.59 bits per heavy atom. The third kappa shape index (κ3) is 8.87. The molecule has 0 rings (SSSR count). The van der Waals surface area contributed by atoms with Crippen molar-refractivity contribution in [1.29, 1.82) is 0 Å². The molecule has 0 unspecified atom stereocenters. The van der Waals surface area contributed by atoms with Crippen molar-refractivity contribution in [2.45, 2.75) is 37.8 Å². The van der Waals surface area contributed by atoms with Gasteiger partial charge < -0.3 is 33.6 Å². The minimum absolute atomic E-state index is 0.398. The molecule has 2 atom stereocenters. The van der Waals surface area contributed by atoms with Crippen LogP contribution in [0, 0.1) is 0 Å². The van der Waals surface area contributed by atoms with E-state index in [4.69, 9.17) is 22.9 Å². The molecule has 0 aliphatic heterocycles. The van der Waals surface area contributed by atoms with Crippen molar-refractivity contribution in [3.63, 3.8) is 0 Å². The molecule has 0 heterocycles. The van der Waals surface area contributed by atoms with Crippen LogP contribution in [-0.4, -0.2) is 48.8 Å². The molecule has 126 valence electrons. The number of rotatable bonds is 11. The van der Waals surface area contributed by atoms with Crippen molar-refractivity contribution < 1.29 is 19.2 Å². The second-order valence-electron chi connectivity index (χ2n) is 4.81.